The Morgan fingerprint density at radius 2 is 1.92 bits per heavy atom. The van der Waals surface area contributed by atoms with E-state index >= 15 is 0 Å². The number of aliphatic hydroxyl groups is 1. The molecule has 1 aliphatic heterocycles. The van der Waals surface area contributed by atoms with Gasteiger partial charge >= 0.3 is 0 Å². The Hall–Kier alpha value is -1.43. The fourth-order valence-electron chi connectivity index (χ4n) is 4.00. The second-order valence-electron chi connectivity index (χ2n) is 7.67. The smallest absolute Gasteiger partial charge is 0.223 e. The Bertz CT molecular complexity index is 533. The number of aliphatic hydroxyl groups excluding tert-OH is 1. The molecule has 1 saturated heterocycles. The average molecular weight is 345 g/mol. The van der Waals surface area contributed by atoms with E-state index in [1.807, 2.05) is 0 Å². The fourth-order valence-corrected chi connectivity index (χ4v) is 4.00. The lowest BCUT2D eigenvalue weighted by atomic mass is 9.96. The summed E-state index contributed by atoms with van der Waals surface area (Å²) < 4.78 is 0. The Labute approximate surface area is 150 Å². The van der Waals surface area contributed by atoms with E-state index in [4.69, 9.17) is 5.73 Å². The highest BCUT2D eigenvalue weighted by molar-refractivity contribution is 5.79. The predicted molar refractivity (Wildman–Crippen MR) is 99.0 cm³/mol. The molecule has 25 heavy (non-hydrogen) atoms. The highest BCUT2D eigenvalue weighted by Gasteiger charge is 2.34. The molecule has 1 amide bonds. The lowest BCUT2D eigenvalue weighted by Gasteiger charge is -2.32. The molecule has 0 unspecified atom stereocenters. The van der Waals surface area contributed by atoms with Crippen LogP contribution in [0.4, 0.5) is 0 Å². The summed E-state index contributed by atoms with van der Waals surface area (Å²) in [6.07, 6.45) is 3.97. The quantitative estimate of drug-likeness (QED) is 0.723. The minimum absolute atomic E-state index is 0.0681. The number of hydrogen-bond donors (Lipinski definition) is 3. The van der Waals surface area contributed by atoms with Crippen molar-refractivity contribution in [3.63, 3.8) is 0 Å². The van der Waals surface area contributed by atoms with Gasteiger partial charge in [-0.15, -0.1) is 0 Å². The first-order valence-corrected chi connectivity index (χ1v) is 9.59. The molecule has 3 rings (SSSR count). The molecule has 2 aliphatic rings. The number of hydrogen-bond acceptors (Lipinski definition) is 4. The van der Waals surface area contributed by atoms with Gasteiger partial charge in [-0.25, -0.2) is 0 Å². The molecule has 3 atom stereocenters. The summed E-state index contributed by atoms with van der Waals surface area (Å²) in [5, 5.41) is 12.8. The van der Waals surface area contributed by atoms with Gasteiger partial charge in [0.1, 0.15) is 0 Å². The Morgan fingerprint density at radius 1 is 1.20 bits per heavy atom. The van der Waals surface area contributed by atoms with E-state index in [1.165, 1.54) is 5.56 Å². The van der Waals surface area contributed by atoms with Gasteiger partial charge in [-0.2, -0.15) is 0 Å². The van der Waals surface area contributed by atoms with Gasteiger partial charge in [-0.3, -0.25) is 4.79 Å². The normalized spacial score (nSPS) is 28.2. The highest BCUT2D eigenvalue weighted by atomic mass is 16.3. The zero-order chi connectivity index (χ0) is 17.6. The molecule has 0 spiro atoms. The monoisotopic (exact) mass is 345 g/mol. The second-order valence-corrected chi connectivity index (χ2v) is 7.67. The maximum Gasteiger partial charge on any atom is 0.223 e. The highest BCUT2D eigenvalue weighted by Crippen LogP contribution is 2.25. The van der Waals surface area contributed by atoms with E-state index < -0.39 is 6.10 Å². The van der Waals surface area contributed by atoms with Gasteiger partial charge in [0.25, 0.3) is 0 Å². The summed E-state index contributed by atoms with van der Waals surface area (Å²) >= 11 is 0. The first kappa shape index (κ1) is 18.4. The van der Waals surface area contributed by atoms with Gasteiger partial charge in [0, 0.05) is 25.0 Å². The molecule has 2 fully saturated rings. The van der Waals surface area contributed by atoms with Crippen LogP contribution >= 0.6 is 0 Å². The summed E-state index contributed by atoms with van der Waals surface area (Å²) in [6, 6.07) is 10.4. The number of carbonyl (C=O) groups is 1. The van der Waals surface area contributed by atoms with Crippen LogP contribution in [-0.4, -0.2) is 54.2 Å². The van der Waals surface area contributed by atoms with Crippen molar-refractivity contribution in [2.45, 2.75) is 44.2 Å². The minimum atomic E-state index is -0.524. The van der Waals surface area contributed by atoms with Crippen molar-refractivity contribution in [3.8, 4) is 0 Å². The van der Waals surface area contributed by atoms with Gasteiger partial charge in [0.2, 0.25) is 5.91 Å². The summed E-state index contributed by atoms with van der Waals surface area (Å²) in [4.78, 5) is 14.7. The van der Waals surface area contributed by atoms with Crippen LogP contribution in [0.15, 0.2) is 30.3 Å². The Kier molecular flexibility index (Phi) is 6.45. The predicted octanol–water partition coefficient (Wildman–Crippen LogP) is 1.16. The van der Waals surface area contributed by atoms with Crippen LogP contribution in [0, 0.1) is 11.8 Å². The van der Waals surface area contributed by atoms with Crippen LogP contribution in [-0.2, 0) is 11.2 Å². The third kappa shape index (κ3) is 5.27. The van der Waals surface area contributed by atoms with Gasteiger partial charge < -0.3 is 21.1 Å². The lowest BCUT2D eigenvalue weighted by molar-refractivity contribution is -0.125. The molecule has 1 saturated carbocycles. The zero-order valence-electron chi connectivity index (χ0n) is 14.9. The van der Waals surface area contributed by atoms with Gasteiger partial charge in [0.05, 0.1) is 6.10 Å². The van der Waals surface area contributed by atoms with Crippen LogP contribution in [0.1, 0.15) is 31.2 Å². The van der Waals surface area contributed by atoms with Gasteiger partial charge in [0.15, 0.2) is 0 Å². The maximum absolute atomic E-state index is 12.2. The van der Waals surface area contributed by atoms with Crippen molar-refractivity contribution in [3.05, 3.63) is 35.9 Å². The lowest BCUT2D eigenvalue weighted by Crippen LogP contribution is -2.40. The number of likely N-dealkylation sites (tertiary alicyclic amines) is 1. The van der Waals surface area contributed by atoms with E-state index in [2.05, 4.69) is 40.5 Å². The third-order valence-electron chi connectivity index (χ3n) is 5.78. The van der Waals surface area contributed by atoms with Gasteiger partial charge in [-0.05, 0) is 56.7 Å². The van der Waals surface area contributed by atoms with Crippen LogP contribution in [0.3, 0.4) is 0 Å². The summed E-state index contributed by atoms with van der Waals surface area (Å²) in [5.74, 6) is 0.520. The number of nitrogens with two attached hydrogens (primary N) is 1. The van der Waals surface area contributed by atoms with E-state index in [1.54, 1.807) is 0 Å². The number of benzene rings is 1. The molecule has 1 aromatic carbocycles. The van der Waals surface area contributed by atoms with Crippen molar-refractivity contribution >= 4 is 5.91 Å². The van der Waals surface area contributed by atoms with Crippen molar-refractivity contribution in [2.75, 3.05) is 26.2 Å². The number of nitrogens with zero attached hydrogens (tertiary/aromatic N) is 1. The van der Waals surface area contributed by atoms with E-state index in [9.17, 15) is 9.90 Å². The van der Waals surface area contributed by atoms with E-state index in [0.717, 1.165) is 45.4 Å². The molecule has 4 N–H and O–H groups in total. The number of piperidine rings is 1. The SMILES string of the molecule is N[C@H]1C[C@H](C(=O)NCC2CCN(CCc3ccccc3)CC2)C[C@@H]1O. The third-order valence-corrected chi connectivity index (χ3v) is 5.78. The summed E-state index contributed by atoms with van der Waals surface area (Å²) in [6.45, 7) is 4.09. The average Bonchev–Trinajstić information content (AvgIpc) is 2.98. The summed E-state index contributed by atoms with van der Waals surface area (Å²) in [5.41, 5.74) is 7.19. The van der Waals surface area contributed by atoms with E-state index in [0.29, 0.717) is 18.8 Å². The molecule has 0 aromatic heterocycles. The topological polar surface area (TPSA) is 78.6 Å². The van der Waals surface area contributed by atoms with Crippen LogP contribution in [0.5, 0.6) is 0 Å². The molecule has 1 aromatic rings. The molecule has 5 nitrogen and oxygen atoms in total. The second kappa shape index (κ2) is 8.79. The van der Waals surface area contributed by atoms with Crippen LogP contribution in [0.25, 0.3) is 0 Å². The number of carbonyl (C=O) groups excluding carboxylic acids is 1. The van der Waals surface area contributed by atoms with Crippen LogP contribution in [0.2, 0.25) is 0 Å². The Balaban J connectivity index is 1.32. The molecular weight excluding hydrogens is 314 g/mol. The molecule has 5 heteroatoms. The number of rotatable bonds is 6. The molecule has 0 radical (unpaired) electrons. The van der Waals surface area contributed by atoms with E-state index in [-0.39, 0.29) is 17.9 Å². The zero-order valence-corrected chi connectivity index (χ0v) is 14.9. The van der Waals surface area contributed by atoms with Crippen molar-refractivity contribution in [2.24, 2.45) is 17.6 Å². The molecular formula is C20H31N3O2. The number of nitrogens with one attached hydrogen (secondary N) is 1. The minimum Gasteiger partial charge on any atom is -0.391 e. The standard InChI is InChI=1S/C20H31N3O2/c21-18-12-17(13-19(18)24)20(25)22-14-16-7-10-23(11-8-16)9-6-15-4-2-1-3-5-15/h1-5,16-19,24H,6-14,21H2,(H,22,25)/t17-,18-,19-/m0/s1. The molecule has 138 valence electrons. The van der Waals surface area contributed by atoms with Gasteiger partial charge in [-0.1, -0.05) is 30.3 Å². The first-order chi connectivity index (χ1) is 12.1. The van der Waals surface area contributed by atoms with Crippen LogP contribution < -0.4 is 11.1 Å². The molecule has 1 heterocycles. The maximum atomic E-state index is 12.2. The fraction of sp³-hybridized carbons (Fsp3) is 0.650. The summed E-state index contributed by atoms with van der Waals surface area (Å²) in [7, 11) is 0. The Morgan fingerprint density at radius 3 is 2.56 bits per heavy atom. The van der Waals surface area contributed by atoms with Crippen molar-refractivity contribution in [1.29, 1.82) is 0 Å². The first-order valence-electron chi connectivity index (χ1n) is 9.59. The molecule has 0 bridgehead atoms. The largest absolute Gasteiger partial charge is 0.391 e. The van der Waals surface area contributed by atoms with Crippen molar-refractivity contribution < 1.29 is 9.90 Å². The molecule has 1 aliphatic carbocycles. The van der Waals surface area contributed by atoms with Crippen molar-refractivity contribution in [1.82, 2.24) is 10.2 Å². The number of amides is 1.